The lowest BCUT2D eigenvalue weighted by atomic mass is 10.0. The van der Waals surface area contributed by atoms with Crippen molar-refractivity contribution in [2.75, 3.05) is 18.8 Å². The molecule has 4 rings (SSSR count). The van der Waals surface area contributed by atoms with E-state index in [9.17, 15) is 4.79 Å². The average molecular weight is 386 g/mol. The molecule has 1 saturated heterocycles. The maximum atomic E-state index is 12.6. The van der Waals surface area contributed by atoms with Crippen molar-refractivity contribution in [3.05, 3.63) is 42.6 Å². The number of aromatic nitrogens is 3. The van der Waals surface area contributed by atoms with Crippen molar-refractivity contribution in [3.63, 3.8) is 0 Å². The molecular formula is C19H22N4O3S. The minimum absolute atomic E-state index is 0.152. The molecule has 1 fully saturated rings. The van der Waals surface area contributed by atoms with Crippen LogP contribution in [0, 0.1) is 5.92 Å². The van der Waals surface area contributed by atoms with Gasteiger partial charge in [-0.1, -0.05) is 18.7 Å². The lowest BCUT2D eigenvalue weighted by Crippen LogP contribution is -2.40. The summed E-state index contributed by atoms with van der Waals surface area (Å²) in [7, 11) is 0. The van der Waals surface area contributed by atoms with E-state index in [-0.39, 0.29) is 5.91 Å². The Morgan fingerprint density at radius 3 is 2.85 bits per heavy atom. The summed E-state index contributed by atoms with van der Waals surface area (Å²) in [5.74, 6) is 3.12. The molecule has 27 heavy (non-hydrogen) atoms. The molecule has 0 radical (unpaired) electrons. The van der Waals surface area contributed by atoms with Crippen LogP contribution in [0.4, 0.5) is 0 Å². The van der Waals surface area contributed by atoms with Crippen molar-refractivity contribution in [1.29, 1.82) is 0 Å². The molecule has 0 N–H and O–H groups in total. The van der Waals surface area contributed by atoms with Crippen LogP contribution in [0.3, 0.4) is 0 Å². The summed E-state index contributed by atoms with van der Waals surface area (Å²) >= 11 is 1.40. The fourth-order valence-corrected chi connectivity index (χ4v) is 4.16. The smallest absolute Gasteiger partial charge is 0.233 e. The van der Waals surface area contributed by atoms with Gasteiger partial charge in [0.25, 0.3) is 0 Å². The predicted octanol–water partition coefficient (Wildman–Crippen LogP) is 3.53. The Balaban J connectivity index is 1.51. The first-order chi connectivity index (χ1) is 13.2. The second-order valence-electron chi connectivity index (χ2n) is 6.82. The number of thioether (sulfide) groups is 1. The van der Waals surface area contributed by atoms with Crippen LogP contribution in [0.25, 0.3) is 11.6 Å². The van der Waals surface area contributed by atoms with Gasteiger partial charge in [0.1, 0.15) is 5.76 Å². The number of piperidine rings is 1. The third-order valence-electron chi connectivity index (χ3n) is 4.69. The first-order valence-electron chi connectivity index (χ1n) is 9.10. The zero-order chi connectivity index (χ0) is 18.6. The maximum Gasteiger partial charge on any atom is 0.233 e. The van der Waals surface area contributed by atoms with Crippen molar-refractivity contribution >= 4 is 17.7 Å². The quantitative estimate of drug-likeness (QED) is 0.603. The van der Waals surface area contributed by atoms with Crippen LogP contribution in [0.5, 0.6) is 0 Å². The van der Waals surface area contributed by atoms with Gasteiger partial charge in [0.2, 0.25) is 11.7 Å². The van der Waals surface area contributed by atoms with Gasteiger partial charge in [0.15, 0.2) is 10.9 Å². The highest BCUT2D eigenvalue weighted by Crippen LogP contribution is 2.26. The van der Waals surface area contributed by atoms with Gasteiger partial charge < -0.3 is 13.7 Å². The molecule has 1 atom stereocenters. The number of amides is 1. The molecule has 0 aliphatic carbocycles. The van der Waals surface area contributed by atoms with Crippen molar-refractivity contribution in [2.24, 2.45) is 5.92 Å². The van der Waals surface area contributed by atoms with Crippen LogP contribution in [-0.4, -0.2) is 44.4 Å². The van der Waals surface area contributed by atoms with Gasteiger partial charge in [-0.05, 0) is 43.0 Å². The highest BCUT2D eigenvalue weighted by molar-refractivity contribution is 7.99. The van der Waals surface area contributed by atoms with Crippen LogP contribution in [0.1, 0.15) is 25.5 Å². The molecule has 0 spiro atoms. The van der Waals surface area contributed by atoms with Crippen LogP contribution >= 0.6 is 11.8 Å². The monoisotopic (exact) mass is 386 g/mol. The van der Waals surface area contributed by atoms with E-state index in [0.29, 0.717) is 35.0 Å². The minimum atomic E-state index is 0.152. The van der Waals surface area contributed by atoms with E-state index in [1.807, 2.05) is 33.7 Å². The lowest BCUT2D eigenvalue weighted by molar-refractivity contribution is -0.130. The van der Waals surface area contributed by atoms with Crippen LogP contribution < -0.4 is 0 Å². The van der Waals surface area contributed by atoms with E-state index in [1.165, 1.54) is 18.2 Å². The van der Waals surface area contributed by atoms with E-state index in [2.05, 4.69) is 17.1 Å². The highest BCUT2D eigenvalue weighted by atomic mass is 32.2. The van der Waals surface area contributed by atoms with Crippen molar-refractivity contribution in [3.8, 4) is 11.6 Å². The Morgan fingerprint density at radius 2 is 2.11 bits per heavy atom. The molecule has 0 unspecified atom stereocenters. The van der Waals surface area contributed by atoms with Gasteiger partial charge in [-0.25, -0.2) is 0 Å². The molecule has 3 aromatic heterocycles. The zero-order valence-corrected chi connectivity index (χ0v) is 16.0. The summed E-state index contributed by atoms with van der Waals surface area (Å²) in [6, 6.07) is 7.41. The van der Waals surface area contributed by atoms with E-state index in [1.54, 1.807) is 12.5 Å². The molecular weight excluding hydrogens is 364 g/mol. The van der Waals surface area contributed by atoms with E-state index in [0.717, 1.165) is 25.3 Å². The largest absolute Gasteiger partial charge is 0.467 e. The third-order valence-corrected chi connectivity index (χ3v) is 5.64. The molecule has 0 saturated carbocycles. The Kier molecular flexibility index (Phi) is 5.33. The summed E-state index contributed by atoms with van der Waals surface area (Å²) in [5.41, 5.74) is 0. The third kappa shape index (κ3) is 4.10. The fraction of sp³-hybridized carbons (Fsp3) is 0.421. The Hall–Kier alpha value is -2.48. The summed E-state index contributed by atoms with van der Waals surface area (Å²) in [6.45, 7) is 4.37. The number of furan rings is 2. The molecule has 0 aromatic carbocycles. The molecule has 0 bridgehead atoms. The van der Waals surface area contributed by atoms with Gasteiger partial charge >= 0.3 is 0 Å². The molecule has 4 heterocycles. The number of carbonyl (C=O) groups excluding carboxylic acids is 1. The van der Waals surface area contributed by atoms with Gasteiger partial charge in [-0.15, -0.1) is 10.2 Å². The van der Waals surface area contributed by atoms with E-state index in [4.69, 9.17) is 8.83 Å². The Labute approximate surface area is 161 Å². The molecule has 1 aliphatic heterocycles. The van der Waals surface area contributed by atoms with Gasteiger partial charge in [-0.3, -0.25) is 9.36 Å². The van der Waals surface area contributed by atoms with E-state index < -0.39 is 0 Å². The molecule has 142 valence electrons. The Morgan fingerprint density at radius 1 is 1.26 bits per heavy atom. The molecule has 3 aromatic rings. The minimum Gasteiger partial charge on any atom is -0.467 e. The Bertz CT molecular complexity index is 873. The van der Waals surface area contributed by atoms with Crippen molar-refractivity contribution in [2.45, 2.75) is 31.5 Å². The number of nitrogens with zero attached hydrogens (tertiary/aromatic N) is 4. The molecule has 1 amide bonds. The summed E-state index contributed by atoms with van der Waals surface area (Å²) < 4.78 is 12.9. The standard InChI is InChI=1S/C19H22N4O3S/c1-14-5-2-8-22(11-14)17(24)13-27-19-21-20-18(16-7-4-10-26-16)23(19)12-15-6-3-9-25-15/h3-4,6-7,9-10,14H,2,5,8,11-13H2,1H3/t14-/m0/s1. The highest BCUT2D eigenvalue weighted by Gasteiger charge is 2.23. The fourth-order valence-electron chi connectivity index (χ4n) is 3.32. The average Bonchev–Trinajstić information content (AvgIpc) is 3.42. The van der Waals surface area contributed by atoms with Crippen LogP contribution in [-0.2, 0) is 11.3 Å². The summed E-state index contributed by atoms with van der Waals surface area (Å²) in [6.07, 6.45) is 5.52. The normalized spacial score (nSPS) is 17.4. The van der Waals surface area contributed by atoms with Gasteiger partial charge in [0.05, 0.1) is 24.8 Å². The number of rotatable bonds is 6. The second kappa shape index (κ2) is 8.04. The summed E-state index contributed by atoms with van der Waals surface area (Å²) in [5, 5.41) is 9.24. The zero-order valence-electron chi connectivity index (χ0n) is 15.2. The topological polar surface area (TPSA) is 77.3 Å². The molecule has 8 heteroatoms. The van der Waals surface area contributed by atoms with Crippen molar-refractivity contribution in [1.82, 2.24) is 19.7 Å². The maximum absolute atomic E-state index is 12.6. The summed E-state index contributed by atoms with van der Waals surface area (Å²) in [4.78, 5) is 14.6. The van der Waals surface area contributed by atoms with Crippen LogP contribution in [0.2, 0.25) is 0 Å². The number of hydrogen-bond donors (Lipinski definition) is 0. The SMILES string of the molecule is C[C@H]1CCCN(C(=O)CSc2nnc(-c3ccco3)n2Cc2ccco2)C1. The lowest BCUT2D eigenvalue weighted by Gasteiger charge is -2.30. The van der Waals surface area contributed by atoms with Crippen LogP contribution in [0.15, 0.2) is 50.8 Å². The number of hydrogen-bond acceptors (Lipinski definition) is 6. The number of carbonyl (C=O) groups is 1. The second-order valence-corrected chi connectivity index (χ2v) is 7.77. The van der Waals surface area contributed by atoms with E-state index >= 15 is 0 Å². The van der Waals surface area contributed by atoms with Gasteiger partial charge in [0, 0.05) is 13.1 Å². The molecule has 7 nitrogen and oxygen atoms in total. The number of likely N-dealkylation sites (tertiary alicyclic amines) is 1. The van der Waals surface area contributed by atoms with Gasteiger partial charge in [-0.2, -0.15) is 0 Å². The first-order valence-corrected chi connectivity index (χ1v) is 10.1. The predicted molar refractivity (Wildman–Crippen MR) is 101 cm³/mol. The first kappa shape index (κ1) is 17.9. The van der Waals surface area contributed by atoms with Crippen molar-refractivity contribution < 1.29 is 13.6 Å². The molecule has 1 aliphatic rings.